The van der Waals surface area contributed by atoms with Gasteiger partial charge in [-0.3, -0.25) is 4.79 Å². The second kappa shape index (κ2) is 10.7. The van der Waals surface area contributed by atoms with Gasteiger partial charge in [0.15, 0.2) is 11.5 Å². The highest BCUT2D eigenvalue weighted by Gasteiger charge is 2.27. The maximum absolute atomic E-state index is 13.4. The Labute approximate surface area is 208 Å². The molecule has 8 heteroatoms. The summed E-state index contributed by atoms with van der Waals surface area (Å²) in [5.74, 6) is 1.20. The number of hydrogen-bond donors (Lipinski definition) is 1. The van der Waals surface area contributed by atoms with Gasteiger partial charge in [0, 0.05) is 16.8 Å². The second-order valence-corrected chi connectivity index (χ2v) is 9.51. The number of anilines is 1. The number of rotatable bonds is 7. The summed E-state index contributed by atoms with van der Waals surface area (Å²) in [4.78, 5) is 31.0. The van der Waals surface area contributed by atoms with Gasteiger partial charge in [-0.05, 0) is 78.8 Å². The molecule has 0 saturated heterocycles. The Kier molecular flexibility index (Phi) is 7.51. The summed E-state index contributed by atoms with van der Waals surface area (Å²) in [5.41, 5.74) is 3.56. The van der Waals surface area contributed by atoms with Crippen LogP contribution in [0.1, 0.15) is 50.1 Å². The number of fused-ring (bicyclic) bond motifs is 1. The predicted octanol–water partition coefficient (Wildman–Crippen LogP) is 5.68. The molecule has 0 fully saturated rings. The molecule has 4 rings (SSSR count). The van der Waals surface area contributed by atoms with Crippen molar-refractivity contribution in [3.8, 4) is 11.5 Å². The largest absolute Gasteiger partial charge is 0.493 e. The summed E-state index contributed by atoms with van der Waals surface area (Å²) in [6.07, 6.45) is 4.57. The van der Waals surface area contributed by atoms with Crippen LogP contribution in [0.4, 0.5) is 10.7 Å². The molecular weight excluding hydrogens is 464 g/mol. The van der Waals surface area contributed by atoms with Crippen LogP contribution in [0.15, 0.2) is 47.5 Å². The van der Waals surface area contributed by atoms with Gasteiger partial charge in [-0.2, -0.15) is 0 Å². The van der Waals surface area contributed by atoms with Crippen molar-refractivity contribution < 1.29 is 23.8 Å². The van der Waals surface area contributed by atoms with Crippen molar-refractivity contribution in [2.75, 3.05) is 26.6 Å². The Morgan fingerprint density at radius 1 is 1.06 bits per heavy atom. The van der Waals surface area contributed by atoms with Crippen molar-refractivity contribution in [3.05, 3.63) is 69.6 Å². The lowest BCUT2D eigenvalue weighted by atomic mass is 9.88. The topological polar surface area (TPSA) is 86.2 Å². The summed E-state index contributed by atoms with van der Waals surface area (Å²) in [6.45, 7) is 2.23. The number of thiophene rings is 1. The molecule has 1 N–H and O–H groups in total. The van der Waals surface area contributed by atoms with Gasteiger partial charge >= 0.3 is 5.97 Å². The number of aliphatic imine (C=N–C) groups is 1. The molecule has 182 valence electrons. The smallest absolute Gasteiger partial charge is 0.337 e. The Hall–Kier alpha value is -3.65. The first-order valence-corrected chi connectivity index (χ1v) is 12.2. The monoisotopic (exact) mass is 492 g/mol. The zero-order valence-corrected chi connectivity index (χ0v) is 21.0. The Balaban J connectivity index is 1.64. The van der Waals surface area contributed by atoms with Crippen molar-refractivity contribution in [2.24, 2.45) is 10.9 Å². The van der Waals surface area contributed by atoms with Crippen LogP contribution in [0.5, 0.6) is 11.5 Å². The highest BCUT2D eigenvalue weighted by atomic mass is 32.1. The van der Waals surface area contributed by atoms with E-state index in [0.717, 1.165) is 30.4 Å². The van der Waals surface area contributed by atoms with Crippen molar-refractivity contribution in [2.45, 2.75) is 26.2 Å². The summed E-state index contributed by atoms with van der Waals surface area (Å²) in [7, 11) is 4.52. The first-order valence-electron chi connectivity index (χ1n) is 11.3. The molecule has 0 spiro atoms. The van der Waals surface area contributed by atoms with Crippen LogP contribution in [-0.2, 0) is 17.6 Å². The first kappa shape index (κ1) is 24.5. The molecule has 7 nitrogen and oxygen atoms in total. The highest BCUT2D eigenvalue weighted by Crippen LogP contribution is 2.41. The van der Waals surface area contributed by atoms with Gasteiger partial charge in [-0.15, -0.1) is 11.3 Å². The number of benzene rings is 2. The van der Waals surface area contributed by atoms with Gasteiger partial charge in [-0.25, -0.2) is 9.79 Å². The lowest BCUT2D eigenvalue weighted by Gasteiger charge is -2.18. The number of methoxy groups -OCH3 is 3. The molecule has 0 aliphatic heterocycles. The fourth-order valence-electron chi connectivity index (χ4n) is 4.13. The maximum atomic E-state index is 13.4. The molecule has 1 unspecified atom stereocenters. The van der Waals surface area contributed by atoms with Gasteiger partial charge in [0.05, 0.1) is 32.5 Å². The third-order valence-electron chi connectivity index (χ3n) is 6.02. The maximum Gasteiger partial charge on any atom is 0.337 e. The minimum atomic E-state index is -0.421. The zero-order chi connectivity index (χ0) is 24.9. The lowest BCUT2D eigenvalue weighted by molar-refractivity contribution is 0.0600. The van der Waals surface area contributed by atoms with E-state index in [0.29, 0.717) is 39.2 Å². The normalized spacial score (nSPS) is 14.9. The quantitative estimate of drug-likeness (QED) is 0.339. The first-order chi connectivity index (χ1) is 16.9. The van der Waals surface area contributed by atoms with E-state index in [2.05, 4.69) is 12.2 Å². The van der Waals surface area contributed by atoms with Gasteiger partial charge in [0.25, 0.3) is 5.91 Å². The molecular formula is C27H28N2O5S. The van der Waals surface area contributed by atoms with Crippen LogP contribution in [0.25, 0.3) is 0 Å². The predicted molar refractivity (Wildman–Crippen MR) is 138 cm³/mol. The third kappa shape index (κ3) is 5.38. The van der Waals surface area contributed by atoms with Gasteiger partial charge in [0.1, 0.15) is 5.00 Å². The summed E-state index contributed by atoms with van der Waals surface area (Å²) in [6, 6.07) is 12.2. The van der Waals surface area contributed by atoms with E-state index in [1.807, 2.05) is 18.2 Å². The van der Waals surface area contributed by atoms with Gasteiger partial charge < -0.3 is 19.5 Å². The van der Waals surface area contributed by atoms with Crippen LogP contribution >= 0.6 is 11.3 Å². The summed E-state index contributed by atoms with van der Waals surface area (Å²) < 4.78 is 15.4. The van der Waals surface area contributed by atoms with E-state index in [4.69, 9.17) is 19.2 Å². The van der Waals surface area contributed by atoms with Crippen LogP contribution in [0, 0.1) is 5.92 Å². The molecule has 1 aliphatic rings. The average molecular weight is 493 g/mol. The molecule has 1 amide bonds. The molecule has 0 saturated carbocycles. The van der Waals surface area contributed by atoms with E-state index in [-0.39, 0.29) is 5.91 Å². The Morgan fingerprint density at radius 2 is 1.80 bits per heavy atom. The summed E-state index contributed by atoms with van der Waals surface area (Å²) >= 11 is 1.57. The number of carbonyl (C=O) groups is 2. The van der Waals surface area contributed by atoms with E-state index >= 15 is 0 Å². The number of hydrogen-bond acceptors (Lipinski definition) is 7. The van der Waals surface area contributed by atoms with Gasteiger partial charge in [-0.1, -0.05) is 6.92 Å². The van der Waals surface area contributed by atoms with Crippen molar-refractivity contribution in [1.29, 1.82) is 0 Å². The van der Waals surface area contributed by atoms with Crippen LogP contribution in [0.2, 0.25) is 0 Å². The highest BCUT2D eigenvalue weighted by molar-refractivity contribution is 7.16. The molecule has 1 heterocycles. The summed E-state index contributed by atoms with van der Waals surface area (Å²) in [5, 5.41) is 3.65. The van der Waals surface area contributed by atoms with E-state index < -0.39 is 5.97 Å². The minimum absolute atomic E-state index is 0.206. The van der Waals surface area contributed by atoms with Crippen molar-refractivity contribution in [1.82, 2.24) is 0 Å². The van der Waals surface area contributed by atoms with Crippen molar-refractivity contribution in [3.63, 3.8) is 0 Å². The van der Waals surface area contributed by atoms with E-state index in [9.17, 15) is 9.59 Å². The number of esters is 1. The number of ether oxygens (including phenoxy) is 3. The minimum Gasteiger partial charge on any atom is -0.493 e. The van der Waals surface area contributed by atoms with Crippen LogP contribution in [0.3, 0.4) is 0 Å². The third-order valence-corrected chi connectivity index (χ3v) is 7.18. The molecule has 0 bridgehead atoms. The fourth-order valence-corrected chi connectivity index (χ4v) is 5.48. The van der Waals surface area contributed by atoms with Crippen LogP contribution in [-0.4, -0.2) is 39.4 Å². The SMILES string of the molecule is COC(=O)c1ccc(NC(=O)c2c(N=Cc3ccc(OC)c(OC)c3)sc3c2CCC(C)C3)cc1. The average Bonchev–Trinajstić information content (AvgIpc) is 3.24. The Bertz CT molecular complexity index is 1260. The fraction of sp³-hybridized carbons (Fsp3) is 0.296. The lowest BCUT2D eigenvalue weighted by Crippen LogP contribution is -2.16. The number of amides is 1. The molecule has 1 aliphatic carbocycles. The molecule has 0 radical (unpaired) electrons. The number of nitrogens with zero attached hydrogens (tertiary/aromatic N) is 1. The number of nitrogens with one attached hydrogen (secondary N) is 1. The Morgan fingerprint density at radius 3 is 2.49 bits per heavy atom. The molecule has 1 aromatic heterocycles. The van der Waals surface area contributed by atoms with Crippen LogP contribution < -0.4 is 14.8 Å². The van der Waals surface area contributed by atoms with E-state index in [1.165, 1.54) is 12.0 Å². The van der Waals surface area contributed by atoms with Gasteiger partial charge in [0.2, 0.25) is 0 Å². The van der Waals surface area contributed by atoms with E-state index in [1.54, 1.807) is 56.0 Å². The zero-order valence-electron chi connectivity index (χ0n) is 20.2. The van der Waals surface area contributed by atoms with Crippen molar-refractivity contribution >= 4 is 40.1 Å². The number of carbonyl (C=O) groups excluding carboxylic acids is 2. The standard InChI is InChI=1S/C27H28N2O5S/c1-16-5-11-20-23(13-16)35-26(28-15-17-6-12-21(32-2)22(14-17)33-3)24(20)25(30)29-19-9-7-18(8-10-19)27(31)34-4/h6-10,12,14-16H,5,11,13H2,1-4H3,(H,29,30). The molecule has 1 atom stereocenters. The second-order valence-electron chi connectivity index (χ2n) is 8.43. The molecule has 35 heavy (non-hydrogen) atoms. The molecule has 2 aromatic carbocycles. The molecule has 3 aromatic rings.